The fourth-order valence-corrected chi connectivity index (χ4v) is 3.48. The summed E-state index contributed by atoms with van der Waals surface area (Å²) < 4.78 is 62.6. The Morgan fingerprint density at radius 2 is 1.69 bits per heavy atom. The molecule has 0 aliphatic rings. The minimum atomic E-state index is -5.05. The Morgan fingerprint density at radius 1 is 1.00 bits per heavy atom. The first-order chi connectivity index (χ1) is 17.2. The van der Waals surface area contributed by atoms with E-state index >= 15 is 0 Å². The highest BCUT2D eigenvalue weighted by Crippen LogP contribution is 2.40. The molecule has 3 aromatic carbocycles. The van der Waals surface area contributed by atoms with E-state index in [0.29, 0.717) is 10.6 Å². The average Bonchev–Trinajstić information content (AvgIpc) is 2.82. The Kier molecular flexibility index (Phi) is 7.21. The highest BCUT2D eigenvalue weighted by Gasteiger charge is 2.40. The highest BCUT2D eigenvalue weighted by molar-refractivity contribution is 6.30. The van der Waals surface area contributed by atoms with Gasteiger partial charge < -0.3 is 18.6 Å². The molecular weight excluding hydrogens is 501 g/mol. The average molecular weight is 519 g/mol. The second-order valence-electron chi connectivity index (χ2n) is 7.50. The number of fused-ring (bicyclic) bond motifs is 1. The normalized spacial score (nSPS) is 11.4. The van der Waals surface area contributed by atoms with E-state index in [1.165, 1.54) is 30.3 Å². The maximum absolute atomic E-state index is 13.9. The number of para-hydroxylation sites is 2. The molecule has 0 saturated carbocycles. The zero-order valence-corrected chi connectivity index (χ0v) is 19.5. The van der Waals surface area contributed by atoms with Crippen LogP contribution >= 0.6 is 11.6 Å². The second-order valence-corrected chi connectivity index (χ2v) is 7.94. The molecule has 0 bridgehead atoms. The summed E-state index contributed by atoms with van der Waals surface area (Å²) in [6.45, 7) is 1.93. The van der Waals surface area contributed by atoms with Crippen molar-refractivity contribution in [3.05, 3.63) is 93.3 Å². The first-order valence-corrected chi connectivity index (χ1v) is 11.1. The molecule has 0 atom stereocenters. The van der Waals surface area contributed by atoms with Crippen LogP contribution in [0.1, 0.15) is 18.2 Å². The van der Waals surface area contributed by atoms with Crippen molar-refractivity contribution in [2.75, 3.05) is 6.61 Å². The summed E-state index contributed by atoms with van der Waals surface area (Å²) in [5.41, 5.74) is -0.839. The summed E-state index contributed by atoms with van der Waals surface area (Å²) in [4.78, 5) is 25.3. The lowest BCUT2D eigenvalue weighted by atomic mass is 10.1. The molecule has 4 rings (SSSR count). The molecule has 1 heterocycles. The van der Waals surface area contributed by atoms with E-state index in [1.807, 2.05) is 0 Å². The van der Waals surface area contributed by atoms with E-state index in [-0.39, 0.29) is 35.7 Å². The van der Waals surface area contributed by atoms with Gasteiger partial charge in [-0.25, -0.2) is 0 Å². The number of rotatable bonds is 7. The van der Waals surface area contributed by atoms with Gasteiger partial charge in [0.15, 0.2) is 11.5 Å². The molecule has 0 N–H and O–H groups in total. The Bertz CT molecular complexity index is 1460. The number of carbonyl (C=O) groups is 1. The predicted molar refractivity (Wildman–Crippen MR) is 126 cm³/mol. The Balaban J connectivity index is 1.69. The number of hydrogen-bond acceptors (Lipinski definition) is 6. The number of hydrogen-bond donors (Lipinski definition) is 0. The van der Waals surface area contributed by atoms with Gasteiger partial charge in [0.25, 0.3) is 5.76 Å². The SMILES string of the molecule is CCOc1ccccc1Oc1c(C(F)(F)F)oc2cc(OC(=O)Cc3ccc(Cl)cc3)ccc2c1=O. The number of benzene rings is 3. The van der Waals surface area contributed by atoms with Crippen molar-refractivity contribution in [1.82, 2.24) is 0 Å². The van der Waals surface area contributed by atoms with Crippen LogP contribution in [0.15, 0.2) is 75.9 Å². The molecule has 186 valence electrons. The molecular formula is C26H18ClF3O6. The van der Waals surface area contributed by atoms with E-state index in [9.17, 15) is 22.8 Å². The van der Waals surface area contributed by atoms with Crippen LogP contribution < -0.4 is 19.6 Å². The fourth-order valence-electron chi connectivity index (χ4n) is 3.35. The molecule has 4 aromatic rings. The monoisotopic (exact) mass is 518 g/mol. The number of esters is 1. The van der Waals surface area contributed by atoms with Gasteiger partial charge in [0, 0.05) is 11.1 Å². The summed E-state index contributed by atoms with van der Waals surface area (Å²) >= 11 is 5.82. The number of ether oxygens (including phenoxy) is 3. The molecule has 0 saturated heterocycles. The minimum absolute atomic E-state index is 0.0794. The van der Waals surface area contributed by atoms with Crippen LogP contribution in [0, 0.1) is 0 Å². The van der Waals surface area contributed by atoms with Crippen LogP contribution in [0.25, 0.3) is 11.0 Å². The molecule has 0 amide bonds. The largest absolute Gasteiger partial charge is 0.490 e. The van der Waals surface area contributed by atoms with Crippen LogP contribution in [-0.2, 0) is 17.4 Å². The van der Waals surface area contributed by atoms with Crippen molar-refractivity contribution in [3.63, 3.8) is 0 Å². The van der Waals surface area contributed by atoms with Crippen molar-refractivity contribution >= 4 is 28.5 Å². The van der Waals surface area contributed by atoms with Crippen molar-refractivity contribution in [2.45, 2.75) is 19.5 Å². The van der Waals surface area contributed by atoms with Gasteiger partial charge in [-0.1, -0.05) is 35.9 Å². The van der Waals surface area contributed by atoms with Gasteiger partial charge in [-0.2, -0.15) is 13.2 Å². The molecule has 0 radical (unpaired) electrons. The van der Waals surface area contributed by atoms with Gasteiger partial charge in [-0.05, 0) is 48.9 Å². The fraction of sp³-hybridized carbons (Fsp3) is 0.154. The molecule has 36 heavy (non-hydrogen) atoms. The second kappa shape index (κ2) is 10.3. The Hall–Kier alpha value is -3.98. The first kappa shape index (κ1) is 25.1. The summed E-state index contributed by atoms with van der Waals surface area (Å²) in [5.74, 6) is -3.33. The first-order valence-electron chi connectivity index (χ1n) is 10.7. The lowest BCUT2D eigenvalue weighted by Crippen LogP contribution is -2.16. The Labute approximate surface area is 207 Å². The summed E-state index contributed by atoms with van der Waals surface area (Å²) in [7, 11) is 0. The third kappa shape index (κ3) is 5.63. The Morgan fingerprint density at radius 3 is 2.36 bits per heavy atom. The van der Waals surface area contributed by atoms with Gasteiger partial charge in [0.1, 0.15) is 11.3 Å². The van der Waals surface area contributed by atoms with Crippen LogP contribution in [0.4, 0.5) is 13.2 Å². The molecule has 0 aliphatic heterocycles. The lowest BCUT2D eigenvalue weighted by Gasteiger charge is -2.15. The summed E-state index contributed by atoms with van der Waals surface area (Å²) in [5, 5.41) is 0.311. The minimum Gasteiger partial charge on any atom is -0.490 e. The summed E-state index contributed by atoms with van der Waals surface area (Å²) in [6.07, 6.45) is -5.15. The third-order valence-electron chi connectivity index (χ3n) is 4.93. The van der Waals surface area contributed by atoms with Crippen molar-refractivity contribution in [3.8, 4) is 23.0 Å². The molecule has 0 unspecified atom stereocenters. The molecule has 0 spiro atoms. The van der Waals surface area contributed by atoms with E-state index < -0.39 is 34.7 Å². The standard InChI is InChI=1S/C26H18ClF3O6/c1-2-33-19-5-3-4-6-20(19)35-24-23(32)18-12-11-17(14-21(18)36-25(24)26(28,29)30)34-22(31)13-15-7-9-16(27)10-8-15/h3-12,14H,2,13H2,1H3. The van der Waals surface area contributed by atoms with Gasteiger partial charge >= 0.3 is 12.1 Å². The topological polar surface area (TPSA) is 75.0 Å². The van der Waals surface area contributed by atoms with Gasteiger partial charge in [-0.15, -0.1) is 0 Å². The van der Waals surface area contributed by atoms with Crippen molar-refractivity contribution in [1.29, 1.82) is 0 Å². The smallest absolute Gasteiger partial charge is 0.453 e. The lowest BCUT2D eigenvalue weighted by molar-refractivity contribution is -0.154. The molecule has 10 heteroatoms. The van der Waals surface area contributed by atoms with Gasteiger partial charge in [0.2, 0.25) is 11.2 Å². The number of halogens is 4. The van der Waals surface area contributed by atoms with E-state index in [4.69, 9.17) is 30.2 Å². The van der Waals surface area contributed by atoms with Gasteiger partial charge in [0.05, 0.1) is 18.4 Å². The zero-order valence-electron chi connectivity index (χ0n) is 18.7. The van der Waals surface area contributed by atoms with Crippen LogP contribution in [0.5, 0.6) is 23.0 Å². The van der Waals surface area contributed by atoms with E-state index in [0.717, 1.165) is 6.07 Å². The molecule has 6 nitrogen and oxygen atoms in total. The zero-order chi connectivity index (χ0) is 25.9. The van der Waals surface area contributed by atoms with Crippen LogP contribution in [-0.4, -0.2) is 12.6 Å². The highest BCUT2D eigenvalue weighted by atomic mass is 35.5. The quantitative estimate of drug-likeness (QED) is 0.198. The van der Waals surface area contributed by atoms with E-state index in [1.54, 1.807) is 37.3 Å². The molecule has 0 fully saturated rings. The van der Waals surface area contributed by atoms with Crippen molar-refractivity contribution < 1.29 is 36.6 Å². The maximum Gasteiger partial charge on any atom is 0.453 e. The molecule has 1 aromatic heterocycles. The van der Waals surface area contributed by atoms with Crippen LogP contribution in [0.3, 0.4) is 0 Å². The predicted octanol–water partition coefficient (Wildman–Crippen LogP) is 6.80. The van der Waals surface area contributed by atoms with E-state index in [2.05, 4.69) is 0 Å². The van der Waals surface area contributed by atoms with Crippen LogP contribution in [0.2, 0.25) is 5.02 Å². The number of carbonyl (C=O) groups excluding carboxylic acids is 1. The van der Waals surface area contributed by atoms with Crippen molar-refractivity contribution in [2.24, 2.45) is 0 Å². The summed E-state index contributed by atoms with van der Waals surface area (Å²) in [6, 6.07) is 16.0. The maximum atomic E-state index is 13.9. The van der Waals surface area contributed by atoms with Gasteiger partial charge in [-0.3, -0.25) is 9.59 Å². The number of alkyl halides is 3. The molecule has 0 aliphatic carbocycles. The third-order valence-corrected chi connectivity index (χ3v) is 5.19.